The fourth-order valence-corrected chi connectivity index (χ4v) is 2.51. The average Bonchev–Trinajstić information content (AvgIpc) is 2.49. The van der Waals surface area contributed by atoms with Gasteiger partial charge in [-0.05, 0) is 61.3 Å². The van der Waals surface area contributed by atoms with Crippen LogP contribution < -0.4 is 10.6 Å². The maximum atomic E-state index is 5.43. The molecular formula is C18H22N2S. The molecule has 2 rings (SSSR count). The summed E-state index contributed by atoms with van der Waals surface area (Å²) in [5.41, 5.74) is 4.83. The van der Waals surface area contributed by atoms with Crippen LogP contribution in [0.5, 0.6) is 0 Å². The van der Waals surface area contributed by atoms with Gasteiger partial charge in [0, 0.05) is 5.69 Å². The van der Waals surface area contributed by atoms with E-state index in [0.717, 1.165) is 12.1 Å². The molecule has 2 nitrogen and oxygen atoms in total. The minimum Gasteiger partial charge on any atom is -0.356 e. The molecule has 1 atom stereocenters. The Hall–Kier alpha value is -1.87. The van der Waals surface area contributed by atoms with Crippen molar-refractivity contribution in [2.45, 2.75) is 33.2 Å². The predicted molar refractivity (Wildman–Crippen MR) is 94.7 cm³/mol. The van der Waals surface area contributed by atoms with Crippen LogP contribution in [0.25, 0.3) is 0 Å². The Balaban J connectivity index is 2.01. The van der Waals surface area contributed by atoms with E-state index in [4.69, 9.17) is 12.2 Å². The van der Waals surface area contributed by atoms with E-state index in [1.165, 1.54) is 16.7 Å². The van der Waals surface area contributed by atoms with Crippen LogP contribution in [-0.4, -0.2) is 5.11 Å². The normalized spacial score (nSPS) is 11.8. The second-order valence-corrected chi connectivity index (χ2v) is 5.68. The van der Waals surface area contributed by atoms with Gasteiger partial charge in [-0.15, -0.1) is 0 Å². The van der Waals surface area contributed by atoms with Crippen molar-refractivity contribution in [3.05, 3.63) is 65.2 Å². The number of thiocarbonyl (C=S) groups is 1. The summed E-state index contributed by atoms with van der Waals surface area (Å²) < 4.78 is 0. The molecule has 110 valence electrons. The lowest BCUT2D eigenvalue weighted by molar-refractivity contribution is 0.629. The highest BCUT2D eigenvalue weighted by Gasteiger charge is 2.10. The SMILES string of the molecule is CCC(NC(=S)Nc1ccc(C)c(C)c1)c1ccccc1. The molecule has 2 aromatic carbocycles. The maximum absolute atomic E-state index is 5.43. The van der Waals surface area contributed by atoms with Crippen molar-refractivity contribution in [3.8, 4) is 0 Å². The Labute approximate surface area is 132 Å². The molecule has 2 aromatic rings. The summed E-state index contributed by atoms with van der Waals surface area (Å²) in [6, 6.07) is 16.9. The van der Waals surface area contributed by atoms with Crippen molar-refractivity contribution in [2.24, 2.45) is 0 Å². The molecule has 0 bridgehead atoms. The molecule has 21 heavy (non-hydrogen) atoms. The van der Waals surface area contributed by atoms with Gasteiger partial charge in [-0.2, -0.15) is 0 Å². The fraction of sp³-hybridized carbons (Fsp3) is 0.278. The minimum atomic E-state index is 0.234. The Morgan fingerprint density at radius 3 is 2.38 bits per heavy atom. The molecule has 0 heterocycles. The summed E-state index contributed by atoms with van der Waals surface area (Å²) in [5, 5.41) is 7.31. The highest BCUT2D eigenvalue weighted by atomic mass is 32.1. The number of hydrogen-bond donors (Lipinski definition) is 2. The van der Waals surface area contributed by atoms with Crippen LogP contribution in [0.15, 0.2) is 48.5 Å². The first-order chi connectivity index (χ1) is 10.1. The van der Waals surface area contributed by atoms with E-state index in [2.05, 4.69) is 73.9 Å². The molecule has 0 fully saturated rings. The second-order valence-electron chi connectivity index (χ2n) is 5.27. The van der Waals surface area contributed by atoms with Crippen LogP contribution in [-0.2, 0) is 0 Å². The highest BCUT2D eigenvalue weighted by molar-refractivity contribution is 7.80. The number of benzene rings is 2. The van der Waals surface area contributed by atoms with Crippen LogP contribution >= 0.6 is 12.2 Å². The monoisotopic (exact) mass is 298 g/mol. The van der Waals surface area contributed by atoms with E-state index in [1.807, 2.05) is 6.07 Å². The Kier molecular flexibility index (Phi) is 5.34. The predicted octanol–water partition coefficient (Wildman–Crippen LogP) is 4.74. The van der Waals surface area contributed by atoms with Crippen LogP contribution in [0.3, 0.4) is 0 Å². The summed E-state index contributed by atoms with van der Waals surface area (Å²) in [6.45, 7) is 6.37. The number of aryl methyl sites for hydroxylation is 2. The number of nitrogens with one attached hydrogen (secondary N) is 2. The van der Waals surface area contributed by atoms with Gasteiger partial charge in [0.25, 0.3) is 0 Å². The first kappa shape index (κ1) is 15.5. The lowest BCUT2D eigenvalue weighted by Crippen LogP contribution is -2.32. The Morgan fingerprint density at radius 2 is 1.76 bits per heavy atom. The van der Waals surface area contributed by atoms with E-state index in [9.17, 15) is 0 Å². The fourth-order valence-electron chi connectivity index (χ4n) is 2.25. The Bertz CT molecular complexity index is 608. The third kappa shape index (κ3) is 4.30. The molecule has 0 aliphatic heterocycles. The largest absolute Gasteiger partial charge is 0.356 e. The van der Waals surface area contributed by atoms with Gasteiger partial charge in [0.2, 0.25) is 0 Å². The molecule has 0 saturated heterocycles. The summed E-state index contributed by atoms with van der Waals surface area (Å²) in [6.07, 6.45) is 0.985. The number of anilines is 1. The van der Waals surface area contributed by atoms with Crippen molar-refractivity contribution in [1.82, 2.24) is 5.32 Å². The molecule has 0 aliphatic rings. The van der Waals surface area contributed by atoms with Crippen molar-refractivity contribution in [2.75, 3.05) is 5.32 Å². The highest BCUT2D eigenvalue weighted by Crippen LogP contribution is 2.17. The molecule has 0 aromatic heterocycles. The summed E-state index contributed by atoms with van der Waals surface area (Å²) >= 11 is 5.43. The maximum Gasteiger partial charge on any atom is 0.171 e. The zero-order valence-electron chi connectivity index (χ0n) is 12.8. The van der Waals surface area contributed by atoms with Gasteiger partial charge in [-0.25, -0.2) is 0 Å². The number of hydrogen-bond acceptors (Lipinski definition) is 1. The lowest BCUT2D eigenvalue weighted by Gasteiger charge is -2.20. The minimum absolute atomic E-state index is 0.234. The standard InChI is InChI=1S/C18H22N2S/c1-4-17(15-8-6-5-7-9-15)20-18(21)19-16-11-10-13(2)14(3)12-16/h5-12,17H,4H2,1-3H3,(H2,19,20,21). The molecule has 0 saturated carbocycles. The lowest BCUT2D eigenvalue weighted by atomic mass is 10.1. The summed E-state index contributed by atoms with van der Waals surface area (Å²) in [7, 11) is 0. The molecule has 2 N–H and O–H groups in total. The van der Waals surface area contributed by atoms with Crippen LogP contribution in [0.4, 0.5) is 5.69 Å². The van der Waals surface area contributed by atoms with Gasteiger partial charge in [0.05, 0.1) is 6.04 Å². The third-order valence-corrected chi connectivity index (χ3v) is 3.90. The van der Waals surface area contributed by atoms with Crippen LogP contribution in [0.1, 0.15) is 36.1 Å². The van der Waals surface area contributed by atoms with E-state index in [0.29, 0.717) is 5.11 Å². The van der Waals surface area contributed by atoms with Gasteiger partial charge in [-0.1, -0.05) is 43.3 Å². The summed E-state index contributed by atoms with van der Waals surface area (Å²) in [4.78, 5) is 0. The molecule has 0 amide bonds. The second kappa shape index (κ2) is 7.23. The van der Waals surface area contributed by atoms with Crippen molar-refractivity contribution < 1.29 is 0 Å². The summed E-state index contributed by atoms with van der Waals surface area (Å²) in [5.74, 6) is 0. The molecular weight excluding hydrogens is 276 g/mol. The number of rotatable bonds is 4. The van der Waals surface area contributed by atoms with Crippen LogP contribution in [0.2, 0.25) is 0 Å². The van der Waals surface area contributed by atoms with Gasteiger partial charge >= 0.3 is 0 Å². The van der Waals surface area contributed by atoms with Crippen molar-refractivity contribution >= 4 is 23.0 Å². The van der Waals surface area contributed by atoms with Gasteiger partial charge in [0.1, 0.15) is 0 Å². The van der Waals surface area contributed by atoms with Crippen molar-refractivity contribution in [1.29, 1.82) is 0 Å². The molecule has 0 aliphatic carbocycles. The molecule has 1 unspecified atom stereocenters. The molecule has 3 heteroatoms. The smallest absolute Gasteiger partial charge is 0.171 e. The van der Waals surface area contributed by atoms with Crippen LogP contribution in [0, 0.1) is 13.8 Å². The van der Waals surface area contributed by atoms with E-state index in [1.54, 1.807) is 0 Å². The first-order valence-electron chi connectivity index (χ1n) is 7.30. The third-order valence-electron chi connectivity index (χ3n) is 3.68. The first-order valence-corrected chi connectivity index (χ1v) is 7.70. The average molecular weight is 298 g/mol. The Morgan fingerprint density at radius 1 is 1.05 bits per heavy atom. The van der Waals surface area contributed by atoms with Gasteiger partial charge in [-0.3, -0.25) is 0 Å². The van der Waals surface area contributed by atoms with E-state index in [-0.39, 0.29) is 6.04 Å². The van der Waals surface area contributed by atoms with Gasteiger partial charge in [0.15, 0.2) is 5.11 Å². The van der Waals surface area contributed by atoms with E-state index < -0.39 is 0 Å². The van der Waals surface area contributed by atoms with E-state index >= 15 is 0 Å². The van der Waals surface area contributed by atoms with Gasteiger partial charge < -0.3 is 10.6 Å². The zero-order valence-corrected chi connectivity index (χ0v) is 13.6. The topological polar surface area (TPSA) is 24.1 Å². The molecule has 0 radical (unpaired) electrons. The van der Waals surface area contributed by atoms with Crippen molar-refractivity contribution in [3.63, 3.8) is 0 Å². The molecule has 0 spiro atoms. The quantitative estimate of drug-likeness (QED) is 0.797. The zero-order chi connectivity index (χ0) is 15.2.